The van der Waals surface area contributed by atoms with Gasteiger partial charge in [-0.15, -0.1) is 11.8 Å². The summed E-state index contributed by atoms with van der Waals surface area (Å²) in [7, 11) is 0. The lowest BCUT2D eigenvalue weighted by molar-refractivity contribution is -0.150. The molecule has 1 aromatic rings. The van der Waals surface area contributed by atoms with Gasteiger partial charge in [0.05, 0.1) is 18.2 Å². The molecule has 0 radical (unpaired) electrons. The lowest BCUT2D eigenvalue weighted by Gasteiger charge is -2.40. The highest BCUT2D eigenvalue weighted by atomic mass is 32.2. The quantitative estimate of drug-likeness (QED) is 0.531. The van der Waals surface area contributed by atoms with Gasteiger partial charge in [-0.1, -0.05) is 6.92 Å². The molecule has 1 aliphatic heterocycles. The third-order valence-corrected chi connectivity index (χ3v) is 4.93. The van der Waals surface area contributed by atoms with Crippen LogP contribution in [0, 0.1) is 0 Å². The Kier molecular flexibility index (Phi) is 7.89. The zero-order valence-electron chi connectivity index (χ0n) is 17.6. The normalized spacial score (nSPS) is 17.1. The number of hydrogen-bond acceptors (Lipinski definition) is 7. The Bertz CT molecular complexity index is 750. The molecule has 2 heterocycles. The van der Waals surface area contributed by atoms with Crippen LogP contribution in [0.1, 0.15) is 45.0 Å². The Morgan fingerprint density at radius 2 is 1.97 bits per heavy atom. The van der Waals surface area contributed by atoms with E-state index in [2.05, 4.69) is 4.98 Å². The van der Waals surface area contributed by atoms with Crippen LogP contribution >= 0.6 is 11.8 Å². The van der Waals surface area contributed by atoms with Gasteiger partial charge in [-0.25, -0.2) is 14.6 Å². The van der Waals surface area contributed by atoms with E-state index in [1.54, 1.807) is 46.0 Å². The molecule has 8 nitrogen and oxygen atoms in total. The highest BCUT2D eigenvalue weighted by molar-refractivity contribution is 7.99. The molecule has 1 fully saturated rings. The maximum Gasteiger partial charge on any atom is 0.410 e. The third kappa shape index (κ3) is 6.35. The number of piperazine rings is 1. The molecule has 1 aromatic heterocycles. The number of thioether (sulfide) groups is 1. The van der Waals surface area contributed by atoms with Gasteiger partial charge in [0, 0.05) is 24.8 Å². The molecule has 0 saturated carbocycles. The first-order valence-electron chi connectivity index (χ1n) is 9.70. The fourth-order valence-electron chi connectivity index (χ4n) is 2.89. The molecule has 160 valence electrons. The van der Waals surface area contributed by atoms with Crippen LogP contribution in [0.25, 0.3) is 0 Å². The van der Waals surface area contributed by atoms with Gasteiger partial charge in [0.1, 0.15) is 11.6 Å². The van der Waals surface area contributed by atoms with E-state index >= 15 is 0 Å². The number of rotatable bonds is 5. The summed E-state index contributed by atoms with van der Waals surface area (Å²) in [6.45, 7) is 9.76. The van der Waals surface area contributed by atoms with Gasteiger partial charge in [-0.05, 0) is 45.6 Å². The summed E-state index contributed by atoms with van der Waals surface area (Å²) in [5.74, 6) is 0.0172. The van der Waals surface area contributed by atoms with Gasteiger partial charge in [0.15, 0.2) is 0 Å². The first-order valence-corrected chi connectivity index (χ1v) is 10.7. The molecule has 1 aliphatic rings. The van der Waals surface area contributed by atoms with E-state index in [-0.39, 0.29) is 32.1 Å². The van der Waals surface area contributed by atoms with Crippen LogP contribution in [0.3, 0.4) is 0 Å². The van der Waals surface area contributed by atoms with Crippen molar-refractivity contribution in [2.75, 3.05) is 32.0 Å². The van der Waals surface area contributed by atoms with E-state index in [9.17, 15) is 14.4 Å². The van der Waals surface area contributed by atoms with Gasteiger partial charge in [0.2, 0.25) is 0 Å². The van der Waals surface area contributed by atoms with Crippen LogP contribution in [-0.4, -0.2) is 76.4 Å². The first-order chi connectivity index (χ1) is 13.7. The number of aromatic nitrogens is 1. The number of carbonyl (C=O) groups is 3. The fourth-order valence-corrected chi connectivity index (χ4v) is 3.54. The average molecular weight is 424 g/mol. The average Bonchev–Trinajstić information content (AvgIpc) is 2.66. The minimum absolute atomic E-state index is 0.0289. The van der Waals surface area contributed by atoms with Crippen molar-refractivity contribution < 1.29 is 23.9 Å². The van der Waals surface area contributed by atoms with Gasteiger partial charge in [-0.2, -0.15) is 0 Å². The fraction of sp³-hybridized carbons (Fsp3) is 0.600. The molecule has 2 amide bonds. The second kappa shape index (κ2) is 9.96. The Morgan fingerprint density at radius 1 is 1.24 bits per heavy atom. The predicted molar refractivity (Wildman–Crippen MR) is 110 cm³/mol. The summed E-state index contributed by atoms with van der Waals surface area (Å²) in [5, 5.41) is 0.749. The summed E-state index contributed by atoms with van der Waals surface area (Å²) in [6.07, 6.45) is 1.08. The minimum atomic E-state index is -0.890. The van der Waals surface area contributed by atoms with Crippen molar-refractivity contribution in [2.24, 2.45) is 0 Å². The molecule has 0 unspecified atom stereocenters. The molecule has 29 heavy (non-hydrogen) atoms. The highest BCUT2D eigenvalue weighted by Gasteiger charge is 2.39. The number of carbonyl (C=O) groups excluding carboxylic acids is 3. The predicted octanol–water partition coefficient (Wildman–Crippen LogP) is 2.82. The van der Waals surface area contributed by atoms with Crippen molar-refractivity contribution in [3.8, 4) is 0 Å². The molecule has 0 aromatic carbocycles. The first kappa shape index (κ1) is 23.0. The van der Waals surface area contributed by atoms with Crippen LogP contribution in [-0.2, 0) is 14.3 Å². The van der Waals surface area contributed by atoms with Gasteiger partial charge < -0.3 is 19.3 Å². The monoisotopic (exact) mass is 423 g/mol. The summed E-state index contributed by atoms with van der Waals surface area (Å²) >= 11 is 1.54. The van der Waals surface area contributed by atoms with E-state index in [0.29, 0.717) is 5.56 Å². The van der Waals surface area contributed by atoms with E-state index in [1.807, 2.05) is 6.92 Å². The smallest absolute Gasteiger partial charge is 0.410 e. The number of amides is 2. The lowest BCUT2D eigenvalue weighted by atomic mass is 10.1. The molecular formula is C20H29N3O5S. The van der Waals surface area contributed by atoms with Gasteiger partial charge in [-0.3, -0.25) is 4.79 Å². The highest BCUT2D eigenvalue weighted by Crippen LogP contribution is 2.21. The number of pyridine rings is 1. The minimum Gasteiger partial charge on any atom is -0.464 e. The Balaban J connectivity index is 2.22. The third-order valence-electron chi connectivity index (χ3n) is 4.13. The van der Waals surface area contributed by atoms with Crippen molar-refractivity contribution in [2.45, 2.75) is 51.3 Å². The zero-order valence-corrected chi connectivity index (χ0v) is 18.5. The number of hydrogen-bond donors (Lipinski definition) is 0. The molecule has 0 aliphatic carbocycles. The summed E-state index contributed by atoms with van der Waals surface area (Å²) in [5.41, 5.74) is -0.190. The number of esters is 1. The van der Waals surface area contributed by atoms with Gasteiger partial charge >= 0.3 is 12.1 Å². The van der Waals surface area contributed by atoms with E-state index in [4.69, 9.17) is 9.47 Å². The van der Waals surface area contributed by atoms with Crippen molar-refractivity contribution in [3.63, 3.8) is 0 Å². The van der Waals surface area contributed by atoms with Crippen molar-refractivity contribution >= 4 is 29.7 Å². The van der Waals surface area contributed by atoms with Crippen LogP contribution < -0.4 is 0 Å². The van der Waals surface area contributed by atoms with Crippen LogP contribution in [0.5, 0.6) is 0 Å². The largest absolute Gasteiger partial charge is 0.464 e. The second-order valence-corrected chi connectivity index (χ2v) is 8.79. The molecular weight excluding hydrogens is 394 g/mol. The Labute approximate surface area is 175 Å². The number of ether oxygens (including phenoxy) is 2. The molecule has 1 saturated heterocycles. The van der Waals surface area contributed by atoms with E-state index < -0.39 is 23.7 Å². The lowest BCUT2D eigenvalue weighted by Crippen LogP contribution is -2.60. The summed E-state index contributed by atoms with van der Waals surface area (Å²) < 4.78 is 10.6. The van der Waals surface area contributed by atoms with E-state index in [1.165, 1.54) is 21.6 Å². The van der Waals surface area contributed by atoms with Crippen LogP contribution in [0.15, 0.2) is 23.4 Å². The standard InChI is InChI=1S/C20H29N3O5S/c1-6-27-18(25)15-13-22(19(26)28-20(3,4)5)10-11-23(15)17(24)14-8-9-21-16(12-14)29-7-2/h8-9,12,15H,6-7,10-11,13H2,1-5H3/t15-/m0/s1. The summed E-state index contributed by atoms with van der Waals surface area (Å²) in [6, 6.07) is 2.46. The topological polar surface area (TPSA) is 89.0 Å². The zero-order chi connectivity index (χ0) is 21.6. The van der Waals surface area contributed by atoms with Crippen LogP contribution in [0.4, 0.5) is 4.79 Å². The van der Waals surface area contributed by atoms with E-state index in [0.717, 1.165) is 10.8 Å². The van der Waals surface area contributed by atoms with Crippen LogP contribution in [0.2, 0.25) is 0 Å². The Morgan fingerprint density at radius 3 is 2.59 bits per heavy atom. The molecule has 0 N–H and O–H groups in total. The molecule has 1 atom stereocenters. The molecule has 0 spiro atoms. The maximum atomic E-state index is 13.1. The number of nitrogens with zero attached hydrogens (tertiary/aromatic N) is 3. The van der Waals surface area contributed by atoms with Crippen molar-refractivity contribution in [3.05, 3.63) is 23.9 Å². The summed E-state index contributed by atoms with van der Waals surface area (Å²) in [4.78, 5) is 45.3. The van der Waals surface area contributed by atoms with Crippen molar-refractivity contribution in [1.29, 1.82) is 0 Å². The molecule has 2 rings (SSSR count). The molecule has 9 heteroatoms. The second-order valence-electron chi connectivity index (χ2n) is 7.51. The van der Waals surface area contributed by atoms with Gasteiger partial charge in [0.25, 0.3) is 5.91 Å². The maximum absolute atomic E-state index is 13.1. The molecule has 0 bridgehead atoms. The van der Waals surface area contributed by atoms with Crippen molar-refractivity contribution in [1.82, 2.24) is 14.8 Å². The Hall–Kier alpha value is -2.29. The SMILES string of the molecule is CCOC(=O)[C@@H]1CN(C(=O)OC(C)(C)C)CCN1C(=O)c1ccnc(SCC)c1.